The normalized spacial score (nSPS) is 10.3. The minimum atomic E-state index is -0.377. The van der Waals surface area contributed by atoms with E-state index in [9.17, 15) is 4.79 Å². The first-order valence-corrected chi connectivity index (χ1v) is 7.19. The molecule has 0 heterocycles. The molecule has 104 valence electrons. The second-order valence-corrected chi connectivity index (χ2v) is 5.44. The van der Waals surface area contributed by atoms with Gasteiger partial charge in [-0.05, 0) is 35.7 Å². The van der Waals surface area contributed by atoms with Gasteiger partial charge in [0.1, 0.15) is 6.61 Å². The fourth-order valence-electron chi connectivity index (χ4n) is 1.83. The summed E-state index contributed by atoms with van der Waals surface area (Å²) in [4.78, 5) is 11.9. The average molecular weight is 334 g/mol. The minimum absolute atomic E-state index is 0.259. The van der Waals surface area contributed by atoms with Gasteiger partial charge >= 0.3 is 5.97 Å². The number of nitrogen functional groups attached to an aromatic ring is 1. The number of hydrogen-bond donors (Lipinski definition) is 1. The average Bonchev–Trinajstić information content (AvgIpc) is 2.44. The van der Waals surface area contributed by atoms with Crippen molar-refractivity contribution < 1.29 is 9.53 Å². The third-order valence-corrected chi connectivity index (χ3v) is 3.41. The van der Waals surface area contributed by atoms with Crippen LogP contribution in [0, 0.1) is 0 Å². The Morgan fingerprint density at radius 2 is 1.80 bits per heavy atom. The van der Waals surface area contributed by atoms with Gasteiger partial charge in [0.05, 0.1) is 5.56 Å². The molecule has 0 saturated carbocycles. The molecule has 2 N–H and O–H groups in total. The fraction of sp³-hybridized carbons (Fsp3) is 0.188. The standard InChI is InChI=1S/C16H16BrNO2/c1-2-11-3-5-12(6-4-11)10-20-16(19)13-7-14(17)9-15(18)8-13/h3-9H,2,10,18H2,1H3. The number of carbonyl (C=O) groups is 1. The molecule has 0 amide bonds. The van der Waals surface area contributed by atoms with E-state index in [4.69, 9.17) is 10.5 Å². The number of nitrogens with two attached hydrogens (primary N) is 1. The summed E-state index contributed by atoms with van der Waals surface area (Å²) >= 11 is 3.31. The van der Waals surface area contributed by atoms with E-state index in [1.54, 1.807) is 18.2 Å². The molecule has 0 aliphatic heterocycles. The van der Waals surface area contributed by atoms with Gasteiger partial charge in [-0.1, -0.05) is 47.1 Å². The van der Waals surface area contributed by atoms with E-state index >= 15 is 0 Å². The van der Waals surface area contributed by atoms with E-state index in [0.717, 1.165) is 16.5 Å². The van der Waals surface area contributed by atoms with Crippen LogP contribution in [0.15, 0.2) is 46.9 Å². The van der Waals surface area contributed by atoms with E-state index in [0.29, 0.717) is 11.3 Å². The molecule has 0 aliphatic carbocycles. The Labute approximate surface area is 126 Å². The van der Waals surface area contributed by atoms with Crippen molar-refractivity contribution in [1.29, 1.82) is 0 Å². The van der Waals surface area contributed by atoms with Gasteiger partial charge in [0.15, 0.2) is 0 Å². The number of anilines is 1. The highest BCUT2D eigenvalue weighted by atomic mass is 79.9. The van der Waals surface area contributed by atoms with Gasteiger partial charge in [-0.15, -0.1) is 0 Å². The molecule has 0 aromatic heterocycles. The summed E-state index contributed by atoms with van der Waals surface area (Å²) < 4.78 is 6.04. The van der Waals surface area contributed by atoms with Gasteiger partial charge < -0.3 is 10.5 Å². The molecule has 3 nitrogen and oxygen atoms in total. The lowest BCUT2D eigenvalue weighted by Gasteiger charge is -2.07. The minimum Gasteiger partial charge on any atom is -0.457 e. The van der Waals surface area contributed by atoms with Crippen LogP contribution in [0.4, 0.5) is 5.69 Å². The summed E-state index contributed by atoms with van der Waals surface area (Å²) in [5, 5.41) is 0. The van der Waals surface area contributed by atoms with Crippen molar-refractivity contribution in [2.75, 3.05) is 5.73 Å². The second kappa shape index (κ2) is 6.57. The predicted octanol–water partition coefficient (Wildman–Crippen LogP) is 3.95. The van der Waals surface area contributed by atoms with Crippen molar-refractivity contribution in [3.05, 3.63) is 63.6 Å². The molecule has 0 aliphatic rings. The zero-order valence-electron chi connectivity index (χ0n) is 11.2. The summed E-state index contributed by atoms with van der Waals surface area (Å²) in [5.41, 5.74) is 8.91. The zero-order chi connectivity index (χ0) is 14.5. The maximum atomic E-state index is 11.9. The fourth-order valence-corrected chi connectivity index (χ4v) is 2.34. The van der Waals surface area contributed by atoms with Gasteiger partial charge in [-0.2, -0.15) is 0 Å². The van der Waals surface area contributed by atoms with Crippen molar-refractivity contribution in [2.24, 2.45) is 0 Å². The lowest BCUT2D eigenvalue weighted by molar-refractivity contribution is 0.0472. The molecule has 2 rings (SSSR count). The van der Waals surface area contributed by atoms with Crippen molar-refractivity contribution in [2.45, 2.75) is 20.0 Å². The molecular weight excluding hydrogens is 318 g/mol. The number of rotatable bonds is 4. The molecule has 2 aromatic carbocycles. The van der Waals surface area contributed by atoms with Crippen LogP contribution < -0.4 is 5.73 Å². The number of benzene rings is 2. The highest BCUT2D eigenvalue weighted by Gasteiger charge is 2.09. The monoisotopic (exact) mass is 333 g/mol. The van der Waals surface area contributed by atoms with Crippen molar-refractivity contribution in [3.63, 3.8) is 0 Å². The molecule has 0 unspecified atom stereocenters. The highest BCUT2D eigenvalue weighted by molar-refractivity contribution is 9.10. The maximum absolute atomic E-state index is 11.9. The van der Waals surface area contributed by atoms with Gasteiger partial charge in [0.2, 0.25) is 0 Å². The van der Waals surface area contributed by atoms with E-state index < -0.39 is 0 Å². The number of ether oxygens (including phenoxy) is 1. The van der Waals surface area contributed by atoms with E-state index in [1.807, 2.05) is 24.3 Å². The van der Waals surface area contributed by atoms with Crippen LogP contribution in [0.1, 0.15) is 28.4 Å². The van der Waals surface area contributed by atoms with E-state index in [1.165, 1.54) is 5.56 Å². The van der Waals surface area contributed by atoms with Crippen molar-refractivity contribution in [3.8, 4) is 0 Å². The van der Waals surface area contributed by atoms with Crippen LogP contribution in [0.2, 0.25) is 0 Å². The van der Waals surface area contributed by atoms with Crippen molar-refractivity contribution >= 4 is 27.6 Å². The molecule has 0 spiro atoms. The third-order valence-electron chi connectivity index (χ3n) is 2.96. The zero-order valence-corrected chi connectivity index (χ0v) is 12.8. The lowest BCUT2D eigenvalue weighted by Crippen LogP contribution is -2.06. The summed E-state index contributed by atoms with van der Waals surface area (Å²) in [5.74, 6) is -0.377. The molecule has 20 heavy (non-hydrogen) atoms. The first-order chi connectivity index (χ1) is 9.58. The third kappa shape index (κ3) is 3.84. The van der Waals surface area contributed by atoms with Crippen molar-refractivity contribution in [1.82, 2.24) is 0 Å². The summed E-state index contributed by atoms with van der Waals surface area (Å²) in [6.07, 6.45) is 0.997. The quantitative estimate of drug-likeness (QED) is 0.680. The first-order valence-electron chi connectivity index (χ1n) is 6.39. The summed E-state index contributed by atoms with van der Waals surface area (Å²) in [7, 11) is 0. The van der Waals surface area contributed by atoms with Gasteiger partial charge in [0.25, 0.3) is 0 Å². The SMILES string of the molecule is CCc1ccc(COC(=O)c2cc(N)cc(Br)c2)cc1. The Morgan fingerprint density at radius 3 is 2.40 bits per heavy atom. The van der Waals surface area contributed by atoms with Crippen LogP contribution in [-0.4, -0.2) is 5.97 Å². The van der Waals surface area contributed by atoms with Gasteiger partial charge in [-0.3, -0.25) is 0 Å². The molecule has 4 heteroatoms. The van der Waals surface area contributed by atoms with Crippen LogP contribution in [0.5, 0.6) is 0 Å². The number of aryl methyl sites for hydroxylation is 1. The van der Waals surface area contributed by atoms with Crippen LogP contribution in [-0.2, 0) is 17.8 Å². The predicted molar refractivity (Wildman–Crippen MR) is 83.5 cm³/mol. The number of carbonyl (C=O) groups excluding carboxylic acids is 1. The molecule has 0 saturated heterocycles. The Hall–Kier alpha value is -1.81. The van der Waals surface area contributed by atoms with E-state index in [-0.39, 0.29) is 12.6 Å². The largest absolute Gasteiger partial charge is 0.457 e. The molecule has 0 atom stereocenters. The molecular formula is C16H16BrNO2. The maximum Gasteiger partial charge on any atom is 0.338 e. The highest BCUT2D eigenvalue weighted by Crippen LogP contribution is 2.18. The molecule has 0 fully saturated rings. The Kier molecular flexibility index (Phi) is 4.79. The number of hydrogen-bond acceptors (Lipinski definition) is 3. The van der Waals surface area contributed by atoms with Crippen LogP contribution in [0.3, 0.4) is 0 Å². The molecule has 0 radical (unpaired) electrons. The Bertz CT molecular complexity index is 588. The Balaban J connectivity index is 2.00. The molecule has 2 aromatic rings. The van der Waals surface area contributed by atoms with Crippen LogP contribution in [0.25, 0.3) is 0 Å². The smallest absolute Gasteiger partial charge is 0.338 e. The number of halogens is 1. The lowest BCUT2D eigenvalue weighted by atomic mass is 10.1. The Morgan fingerprint density at radius 1 is 1.15 bits per heavy atom. The van der Waals surface area contributed by atoms with Gasteiger partial charge in [-0.25, -0.2) is 4.79 Å². The topological polar surface area (TPSA) is 52.3 Å². The number of esters is 1. The summed E-state index contributed by atoms with van der Waals surface area (Å²) in [6, 6.07) is 13.1. The van der Waals surface area contributed by atoms with Crippen LogP contribution >= 0.6 is 15.9 Å². The van der Waals surface area contributed by atoms with Gasteiger partial charge in [0, 0.05) is 10.2 Å². The first kappa shape index (κ1) is 14.6. The summed E-state index contributed by atoms with van der Waals surface area (Å²) in [6.45, 7) is 2.36. The second-order valence-electron chi connectivity index (χ2n) is 4.52. The molecule has 0 bridgehead atoms. The van der Waals surface area contributed by atoms with E-state index in [2.05, 4.69) is 22.9 Å².